The maximum absolute atomic E-state index is 13.3. The highest BCUT2D eigenvalue weighted by Gasteiger charge is 2.35. The van der Waals surface area contributed by atoms with Gasteiger partial charge in [-0.2, -0.15) is 0 Å². The summed E-state index contributed by atoms with van der Waals surface area (Å²) < 4.78 is 18.7. The van der Waals surface area contributed by atoms with E-state index in [1.807, 2.05) is 0 Å². The Hall–Kier alpha value is -3.07. The number of hydrogen-bond donors (Lipinski definition) is 1. The van der Waals surface area contributed by atoms with E-state index in [9.17, 15) is 24.6 Å². The molecule has 9 heteroatoms. The Balaban J connectivity index is 1.89. The first-order valence-electron chi connectivity index (χ1n) is 8.42. The molecule has 142 valence electrons. The fourth-order valence-electron chi connectivity index (χ4n) is 3.33. The molecular weight excluding hydrogens is 357 g/mol. The van der Waals surface area contributed by atoms with Gasteiger partial charge in [-0.05, 0) is 36.6 Å². The predicted molar refractivity (Wildman–Crippen MR) is 96.4 cm³/mol. The summed E-state index contributed by atoms with van der Waals surface area (Å²) in [5.74, 6) is -0.333. The summed E-state index contributed by atoms with van der Waals surface area (Å²) >= 11 is 0. The second-order valence-electron chi connectivity index (χ2n) is 6.47. The Morgan fingerprint density at radius 1 is 1.04 bits per heavy atom. The van der Waals surface area contributed by atoms with Crippen molar-refractivity contribution < 1.29 is 19.0 Å². The van der Waals surface area contributed by atoms with E-state index >= 15 is 0 Å². The van der Waals surface area contributed by atoms with E-state index in [1.165, 1.54) is 24.3 Å². The van der Waals surface area contributed by atoms with Gasteiger partial charge in [0.05, 0.1) is 15.9 Å². The molecule has 0 amide bonds. The Bertz CT molecular complexity index is 851. The van der Waals surface area contributed by atoms with Gasteiger partial charge in [0.2, 0.25) is 0 Å². The topological polar surface area (TPSA) is 108 Å². The van der Waals surface area contributed by atoms with Gasteiger partial charge in [-0.15, -0.1) is 0 Å². The number of hydrogen-bond acceptors (Lipinski definition) is 6. The molecule has 0 spiro atoms. The lowest BCUT2D eigenvalue weighted by molar-refractivity contribution is -0.393. The highest BCUT2D eigenvalue weighted by molar-refractivity contribution is 5.65. The SMILES string of the molecule is O=[N+]([O-])c1ccc(NCC2(c3ccc(F)cc3)CCOCC2)c([N+](=O)[O-])c1. The fourth-order valence-corrected chi connectivity index (χ4v) is 3.33. The summed E-state index contributed by atoms with van der Waals surface area (Å²) in [4.78, 5) is 20.9. The van der Waals surface area contributed by atoms with Gasteiger partial charge in [-0.25, -0.2) is 4.39 Å². The monoisotopic (exact) mass is 375 g/mol. The number of rotatable bonds is 6. The molecule has 3 rings (SSSR count). The van der Waals surface area contributed by atoms with Gasteiger partial charge in [0.1, 0.15) is 11.5 Å². The van der Waals surface area contributed by atoms with Crippen LogP contribution in [0.15, 0.2) is 42.5 Å². The number of nitro groups is 2. The van der Waals surface area contributed by atoms with Gasteiger partial charge in [0.15, 0.2) is 0 Å². The van der Waals surface area contributed by atoms with Crippen LogP contribution in [-0.4, -0.2) is 29.6 Å². The van der Waals surface area contributed by atoms with Crippen molar-refractivity contribution in [3.63, 3.8) is 0 Å². The second-order valence-corrected chi connectivity index (χ2v) is 6.47. The lowest BCUT2D eigenvalue weighted by Crippen LogP contribution is -2.40. The van der Waals surface area contributed by atoms with Crippen LogP contribution in [-0.2, 0) is 10.2 Å². The molecule has 1 N–H and O–H groups in total. The van der Waals surface area contributed by atoms with Crippen LogP contribution in [0.4, 0.5) is 21.5 Å². The minimum absolute atomic E-state index is 0.207. The molecular formula is C18H18FN3O5. The molecule has 1 saturated heterocycles. The van der Waals surface area contributed by atoms with Crippen LogP contribution in [0, 0.1) is 26.0 Å². The molecule has 0 aromatic heterocycles. The number of benzene rings is 2. The van der Waals surface area contributed by atoms with E-state index in [-0.39, 0.29) is 28.3 Å². The van der Waals surface area contributed by atoms with Gasteiger partial charge in [0, 0.05) is 31.2 Å². The zero-order valence-electron chi connectivity index (χ0n) is 14.4. The highest BCUT2D eigenvalue weighted by atomic mass is 19.1. The predicted octanol–water partition coefficient (Wildman–Crippen LogP) is 3.80. The summed E-state index contributed by atoms with van der Waals surface area (Å²) in [6, 6.07) is 9.72. The molecule has 1 aliphatic rings. The van der Waals surface area contributed by atoms with E-state index in [1.54, 1.807) is 12.1 Å². The van der Waals surface area contributed by atoms with Crippen molar-refractivity contribution in [1.82, 2.24) is 0 Å². The number of nitrogens with one attached hydrogen (secondary N) is 1. The average molecular weight is 375 g/mol. The lowest BCUT2D eigenvalue weighted by Gasteiger charge is -2.38. The third-order valence-electron chi connectivity index (χ3n) is 4.91. The number of nitrogens with zero attached hydrogens (tertiary/aromatic N) is 2. The van der Waals surface area contributed by atoms with Crippen LogP contribution in [0.2, 0.25) is 0 Å². The summed E-state index contributed by atoms with van der Waals surface area (Å²) in [6.45, 7) is 1.42. The largest absolute Gasteiger partial charge is 0.381 e. The molecule has 0 bridgehead atoms. The van der Waals surface area contributed by atoms with Gasteiger partial charge < -0.3 is 10.1 Å². The molecule has 0 aliphatic carbocycles. The van der Waals surface area contributed by atoms with Crippen molar-refractivity contribution in [2.75, 3.05) is 25.1 Å². The molecule has 1 fully saturated rings. The number of ether oxygens (including phenoxy) is 1. The van der Waals surface area contributed by atoms with Crippen molar-refractivity contribution in [3.8, 4) is 0 Å². The van der Waals surface area contributed by atoms with E-state index < -0.39 is 9.85 Å². The third-order valence-corrected chi connectivity index (χ3v) is 4.91. The van der Waals surface area contributed by atoms with Crippen molar-refractivity contribution in [3.05, 3.63) is 74.1 Å². The molecule has 27 heavy (non-hydrogen) atoms. The van der Waals surface area contributed by atoms with Crippen molar-refractivity contribution in [1.29, 1.82) is 0 Å². The zero-order valence-corrected chi connectivity index (χ0v) is 14.4. The molecule has 0 unspecified atom stereocenters. The summed E-state index contributed by atoms with van der Waals surface area (Å²) in [5, 5.41) is 25.3. The molecule has 0 atom stereocenters. The van der Waals surface area contributed by atoms with Crippen molar-refractivity contribution in [2.24, 2.45) is 0 Å². The average Bonchev–Trinajstić information content (AvgIpc) is 2.67. The summed E-state index contributed by atoms with van der Waals surface area (Å²) in [5.41, 5.74) is 0.0571. The quantitative estimate of drug-likeness (QED) is 0.608. The Labute approximate surface area is 154 Å². The fraction of sp³-hybridized carbons (Fsp3) is 0.333. The number of non-ortho nitro benzene ring substituents is 1. The molecule has 2 aromatic carbocycles. The van der Waals surface area contributed by atoms with Crippen LogP contribution >= 0.6 is 0 Å². The Morgan fingerprint density at radius 2 is 1.70 bits per heavy atom. The number of nitro benzene ring substituents is 2. The normalized spacial score (nSPS) is 15.9. The summed E-state index contributed by atoms with van der Waals surface area (Å²) in [6.07, 6.45) is 1.35. The number of halogens is 1. The molecule has 8 nitrogen and oxygen atoms in total. The molecule has 2 aromatic rings. The van der Waals surface area contributed by atoms with Crippen LogP contribution in [0.1, 0.15) is 18.4 Å². The Morgan fingerprint density at radius 3 is 2.30 bits per heavy atom. The molecule has 1 aliphatic heterocycles. The van der Waals surface area contributed by atoms with E-state index in [0.29, 0.717) is 32.6 Å². The zero-order chi connectivity index (χ0) is 19.4. The third kappa shape index (κ3) is 4.03. The molecule has 1 heterocycles. The van der Waals surface area contributed by atoms with E-state index in [4.69, 9.17) is 4.74 Å². The lowest BCUT2D eigenvalue weighted by atomic mass is 9.74. The maximum Gasteiger partial charge on any atom is 0.299 e. The first-order chi connectivity index (χ1) is 12.9. The van der Waals surface area contributed by atoms with Crippen LogP contribution in [0.25, 0.3) is 0 Å². The van der Waals surface area contributed by atoms with Gasteiger partial charge in [-0.3, -0.25) is 20.2 Å². The van der Waals surface area contributed by atoms with Crippen LogP contribution in [0.3, 0.4) is 0 Å². The highest BCUT2D eigenvalue weighted by Crippen LogP contribution is 2.37. The van der Waals surface area contributed by atoms with Gasteiger partial charge in [-0.1, -0.05) is 12.1 Å². The smallest absolute Gasteiger partial charge is 0.299 e. The first kappa shape index (κ1) is 18.7. The summed E-state index contributed by atoms with van der Waals surface area (Å²) in [7, 11) is 0. The molecule has 0 saturated carbocycles. The minimum atomic E-state index is -0.671. The van der Waals surface area contributed by atoms with Gasteiger partial charge in [0.25, 0.3) is 11.4 Å². The van der Waals surface area contributed by atoms with Crippen LogP contribution < -0.4 is 5.32 Å². The van der Waals surface area contributed by atoms with Crippen LogP contribution in [0.5, 0.6) is 0 Å². The number of anilines is 1. The Kier molecular flexibility index (Phi) is 5.31. The minimum Gasteiger partial charge on any atom is -0.381 e. The second kappa shape index (κ2) is 7.67. The van der Waals surface area contributed by atoms with Crippen molar-refractivity contribution >= 4 is 17.1 Å². The van der Waals surface area contributed by atoms with Gasteiger partial charge >= 0.3 is 0 Å². The maximum atomic E-state index is 13.3. The van der Waals surface area contributed by atoms with Crippen molar-refractivity contribution in [2.45, 2.75) is 18.3 Å². The first-order valence-corrected chi connectivity index (χ1v) is 8.42. The van der Waals surface area contributed by atoms with E-state index in [0.717, 1.165) is 11.6 Å². The standard InChI is InChI=1S/C18H18FN3O5/c19-14-3-1-13(2-4-14)18(7-9-27-10-8-18)12-20-16-6-5-15(21(23)24)11-17(16)22(25)26/h1-6,11,20H,7-10,12H2. The molecule has 0 radical (unpaired) electrons. The van der Waals surface area contributed by atoms with E-state index in [2.05, 4.69) is 5.32 Å².